The molecule has 0 amide bonds. The van der Waals surface area contributed by atoms with E-state index in [2.05, 4.69) is 74.1 Å². The largest absolute Gasteiger partial charge is 0.213 e. The SMILES string of the molecule is [2H]C12c3ccccc3C([2H])(c3ccccc31)c1cc(-c3cc(-c4ccccc4)c(C)c[n+]3C)c(C)cc12. The number of aryl methyl sites for hydroxylation is 3. The van der Waals surface area contributed by atoms with Gasteiger partial charge < -0.3 is 0 Å². The fourth-order valence-electron chi connectivity index (χ4n) is 6.08. The molecule has 3 aliphatic rings. The van der Waals surface area contributed by atoms with E-state index in [1.165, 1.54) is 16.7 Å². The molecule has 0 unspecified atom stereocenters. The van der Waals surface area contributed by atoms with Crippen molar-refractivity contribution in [2.75, 3.05) is 0 Å². The molecule has 3 aliphatic carbocycles. The maximum Gasteiger partial charge on any atom is 0.213 e. The maximum atomic E-state index is 10.0. The molecule has 0 aliphatic heterocycles. The average Bonchev–Trinajstić information content (AvgIpc) is 2.92. The number of aromatic nitrogens is 1. The van der Waals surface area contributed by atoms with Crippen LogP contribution in [-0.2, 0) is 7.05 Å². The Labute approximate surface area is 210 Å². The van der Waals surface area contributed by atoms with E-state index in [0.717, 1.165) is 50.2 Å². The molecule has 4 aromatic carbocycles. The van der Waals surface area contributed by atoms with E-state index in [1.54, 1.807) is 0 Å². The van der Waals surface area contributed by atoms with Gasteiger partial charge in [0.2, 0.25) is 5.69 Å². The lowest BCUT2D eigenvalue weighted by atomic mass is 9.60. The molecule has 0 spiro atoms. The number of hydrogen-bond acceptors (Lipinski definition) is 0. The van der Waals surface area contributed by atoms with Crippen LogP contribution in [0.5, 0.6) is 0 Å². The van der Waals surface area contributed by atoms with Crippen LogP contribution in [0.2, 0.25) is 0 Å². The van der Waals surface area contributed by atoms with Gasteiger partial charge in [-0.1, -0.05) is 84.9 Å². The normalized spacial score (nSPS) is 22.0. The highest BCUT2D eigenvalue weighted by Gasteiger charge is 2.41. The summed E-state index contributed by atoms with van der Waals surface area (Å²) in [6, 6.07) is 33.3. The predicted molar refractivity (Wildman–Crippen MR) is 143 cm³/mol. The monoisotopic (exact) mass is 452 g/mol. The molecule has 0 atom stereocenters. The summed E-state index contributed by atoms with van der Waals surface area (Å²) in [5, 5.41) is 0. The lowest BCUT2D eigenvalue weighted by Gasteiger charge is -2.42. The first-order valence-electron chi connectivity index (χ1n) is 13.3. The summed E-state index contributed by atoms with van der Waals surface area (Å²) in [5.41, 5.74) is 12.5. The molecule has 5 aromatic rings. The number of hydrogen-bond donors (Lipinski definition) is 0. The van der Waals surface area contributed by atoms with Gasteiger partial charge in [0.05, 0.1) is 0 Å². The standard InChI is InChI=1S/C34H28N/c1-21-17-30-31(34-26-15-9-7-13-24(26)33(30)25-14-8-10-16-27(25)34)18-29(21)32-19-28(22(2)20-35(32)3)23-11-5-4-6-12-23/h4-20,33-34H,1-3H3/q+1/i33D,34D. The second-order valence-electron chi connectivity index (χ2n) is 9.79. The Bertz CT molecular complexity index is 1690. The molecule has 0 saturated heterocycles. The van der Waals surface area contributed by atoms with Gasteiger partial charge in [-0.3, -0.25) is 0 Å². The molecule has 0 saturated carbocycles. The van der Waals surface area contributed by atoms with Crippen LogP contribution in [0.3, 0.4) is 0 Å². The van der Waals surface area contributed by atoms with Crippen LogP contribution >= 0.6 is 0 Å². The fourth-order valence-corrected chi connectivity index (χ4v) is 6.08. The number of benzene rings is 4. The van der Waals surface area contributed by atoms with Crippen molar-refractivity contribution in [3.63, 3.8) is 0 Å². The van der Waals surface area contributed by atoms with Crippen molar-refractivity contribution in [3.8, 4) is 22.4 Å². The molecule has 8 rings (SSSR count). The molecule has 35 heavy (non-hydrogen) atoms. The zero-order valence-electron chi connectivity index (χ0n) is 22.3. The quantitative estimate of drug-likeness (QED) is 0.245. The lowest BCUT2D eigenvalue weighted by molar-refractivity contribution is -0.660. The van der Waals surface area contributed by atoms with Crippen LogP contribution in [0.4, 0.5) is 0 Å². The summed E-state index contributed by atoms with van der Waals surface area (Å²) in [6.45, 7) is 4.29. The Morgan fingerprint density at radius 3 is 1.66 bits per heavy atom. The van der Waals surface area contributed by atoms with E-state index < -0.39 is 11.8 Å². The van der Waals surface area contributed by atoms with Gasteiger partial charge in [-0.05, 0) is 70.0 Å². The van der Waals surface area contributed by atoms with Crippen LogP contribution in [0.25, 0.3) is 22.4 Å². The molecule has 0 radical (unpaired) electrons. The average molecular weight is 453 g/mol. The smallest absolute Gasteiger partial charge is 0.201 e. The summed E-state index contributed by atoms with van der Waals surface area (Å²) >= 11 is 0. The first kappa shape index (κ1) is 18.4. The highest BCUT2D eigenvalue weighted by molar-refractivity contribution is 5.76. The Morgan fingerprint density at radius 2 is 1.09 bits per heavy atom. The van der Waals surface area contributed by atoms with Crippen LogP contribution in [-0.4, -0.2) is 0 Å². The molecule has 1 heteroatoms. The van der Waals surface area contributed by atoms with Gasteiger partial charge in [-0.2, -0.15) is 0 Å². The lowest BCUT2D eigenvalue weighted by Crippen LogP contribution is -2.32. The zero-order chi connectivity index (χ0) is 25.5. The van der Waals surface area contributed by atoms with Crippen molar-refractivity contribution in [2.45, 2.75) is 25.6 Å². The van der Waals surface area contributed by atoms with E-state index in [4.69, 9.17) is 0 Å². The van der Waals surface area contributed by atoms with Gasteiger partial charge >= 0.3 is 0 Å². The van der Waals surface area contributed by atoms with Crippen LogP contribution in [0.15, 0.2) is 103 Å². The van der Waals surface area contributed by atoms with E-state index in [9.17, 15) is 2.74 Å². The van der Waals surface area contributed by atoms with Gasteiger partial charge in [-0.25, -0.2) is 4.57 Å². The van der Waals surface area contributed by atoms with Crippen molar-refractivity contribution in [1.29, 1.82) is 0 Å². The van der Waals surface area contributed by atoms with Gasteiger partial charge in [0.1, 0.15) is 7.05 Å². The van der Waals surface area contributed by atoms with E-state index in [0.29, 0.717) is 0 Å². The topological polar surface area (TPSA) is 3.88 Å². The zero-order valence-corrected chi connectivity index (χ0v) is 20.3. The molecule has 1 nitrogen and oxygen atoms in total. The summed E-state index contributed by atoms with van der Waals surface area (Å²) in [7, 11) is 2.09. The van der Waals surface area contributed by atoms with Crippen molar-refractivity contribution in [3.05, 3.63) is 148 Å². The number of nitrogens with zero attached hydrogens (tertiary/aromatic N) is 1. The first-order valence-corrected chi connectivity index (χ1v) is 12.3. The molecular formula is C34H28N+. The second kappa shape index (κ2) is 7.52. The maximum absolute atomic E-state index is 10.0. The summed E-state index contributed by atoms with van der Waals surface area (Å²) in [6.07, 6.45) is 2.19. The Morgan fingerprint density at radius 1 is 0.571 bits per heavy atom. The molecule has 1 heterocycles. The van der Waals surface area contributed by atoms with Gasteiger partial charge in [-0.15, -0.1) is 0 Å². The minimum absolute atomic E-state index is 0.919. The van der Waals surface area contributed by atoms with Gasteiger partial charge in [0, 0.05) is 31.7 Å². The molecule has 0 N–H and O–H groups in total. The highest BCUT2D eigenvalue weighted by Crippen LogP contribution is 2.56. The summed E-state index contributed by atoms with van der Waals surface area (Å²) in [4.78, 5) is 0. The van der Waals surface area contributed by atoms with E-state index >= 15 is 0 Å². The van der Waals surface area contributed by atoms with Crippen molar-refractivity contribution >= 4 is 0 Å². The van der Waals surface area contributed by atoms with Crippen LogP contribution < -0.4 is 4.57 Å². The molecule has 0 fully saturated rings. The minimum atomic E-state index is -1.06. The van der Waals surface area contributed by atoms with Crippen LogP contribution in [0.1, 0.15) is 59.0 Å². The second-order valence-corrected chi connectivity index (χ2v) is 9.79. The van der Waals surface area contributed by atoms with E-state index in [1.807, 2.05) is 54.6 Å². The number of rotatable bonds is 2. The van der Waals surface area contributed by atoms with Gasteiger partial charge in [0.25, 0.3) is 0 Å². The predicted octanol–water partition coefficient (Wildman–Crippen LogP) is 7.45. The van der Waals surface area contributed by atoms with Crippen molar-refractivity contribution in [1.82, 2.24) is 0 Å². The number of pyridine rings is 1. The fraction of sp³-hybridized carbons (Fsp3) is 0.147. The molecule has 168 valence electrons. The Balaban J connectivity index is 1.52. The first-order chi connectivity index (χ1) is 17.8. The summed E-state index contributed by atoms with van der Waals surface area (Å²) in [5.74, 6) is -2.08. The Hall–Kier alpha value is -3.97. The third-order valence-electron chi connectivity index (χ3n) is 7.67. The van der Waals surface area contributed by atoms with Crippen molar-refractivity contribution in [2.24, 2.45) is 7.05 Å². The minimum Gasteiger partial charge on any atom is -0.201 e. The van der Waals surface area contributed by atoms with Crippen molar-refractivity contribution < 1.29 is 7.31 Å². The molecule has 1 aromatic heterocycles. The summed E-state index contributed by atoms with van der Waals surface area (Å²) < 4.78 is 22.2. The van der Waals surface area contributed by atoms with Crippen LogP contribution in [0, 0.1) is 13.8 Å². The van der Waals surface area contributed by atoms with Gasteiger partial charge in [0.15, 0.2) is 6.20 Å². The third-order valence-corrected chi connectivity index (χ3v) is 7.67. The Kier molecular flexibility index (Phi) is 3.94. The third kappa shape index (κ3) is 2.91. The molecule has 2 bridgehead atoms. The highest BCUT2D eigenvalue weighted by atomic mass is 14.9. The van der Waals surface area contributed by atoms with E-state index in [-0.39, 0.29) is 0 Å². The molecular weight excluding hydrogens is 422 g/mol.